The number of hydrogen-bond acceptors (Lipinski definition) is 1. The summed E-state index contributed by atoms with van der Waals surface area (Å²) in [6.07, 6.45) is -4.67. The Morgan fingerprint density at radius 2 is 2.00 bits per heavy atom. The van der Waals surface area contributed by atoms with Gasteiger partial charge in [-0.05, 0) is 24.1 Å². The molecule has 15 heavy (non-hydrogen) atoms. The van der Waals surface area contributed by atoms with Crippen LogP contribution in [-0.2, 0) is 6.42 Å². The van der Waals surface area contributed by atoms with Gasteiger partial charge in [-0.25, -0.2) is 0 Å². The summed E-state index contributed by atoms with van der Waals surface area (Å²) in [5.41, 5.74) is 0.664. The molecule has 1 aliphatic carbocycles. The lowest BCUT2D eigenvalue weighted by Crippen LogP contribution is -2.27. The maximum atomic E-state index is 12.4. The molecule has 1 unspecified atom stereocenters. The molecule has 0 aromatic heterocycles. The summed E-state index contributed by atoms with van der Waals surface area (Å²) in [7, 11) is 0. The molecule has 2 rings (SSSR count). The highest BCUT2D eigenvalue weighted by atomic mass is 79.9. The molecule has 1 aliphatic rings. The first-order chi connectivity index (χ1) is 6.89. The number of halogens is 4. The van der Waals surface area contributed by atoms with E-state index in [1.165, 1.54) is 6.07 Å². The average Bonchev–Trinajstić information content (AvgIpc) is 2.43. The molecule has 0 radical (unpaired) electrons. The summed E-state index contributed by atoms with van der Waals surface area (Å²) < 4.78 is 38.0. The van der Waals surface area contributed by atoms with Gasteiger partial charge in [0.2, 0.25) is 0 Å². The maximum Gasteiger partial charge on any atom is 0.399 e. The van der Waals surface area contributed by atoms with E-state index in [1.807, 2.05) is 0 Å². The van der Waals surface area contributed by atoms with Crippen LogP contribution in [0, 0.1) is 5.92 Å². The molecule has 1 nitrogen and oxygen atoms in total. The molecule has 0 saturated carbocycles. The zero-order valence-electron chi connectivity index (χ0n) is 7.44. The zero-order chi connectivity index (χ0) is 11.2. The highest BCUT2D eigenvalue weighted by Gasteiger charge is 2.48. The predicted octanol–water partition coefficient (Wildman–Crippen LogP) is 3.37. The smallest absolute Gasteiger partial charge is 0.293 e. The van der Waals surface area contributed by atoms with Crippen molar-refractivity contribution in [3.63, 3.8) is 0 Å². The van der Waals surface area contributed by atoms with Crippen molar-refractivity contribution >= 4 is 21.7 Å². The molecule has 0 N–H and O–H groups in total. The van der Waals surface area contributed by atoms with Gasteiger partial charge in [-0.1, -0.05) is 22.0 Å². The SMILES string of the molecule is O=C1c2cc(Br)ccc2CC1C(F)(F)F. The van der Waals surface area contributed by atoms with Crippen molar-refractivity contribution in [1.82, 2.24) is 0 Å². The molecule has 0 saturated heterocycles. The van der Waals surface area contributed by atoms with Crippen molar-refractivity contribution < 1.29 is 18.0 Å². The second kappa shape index (κ2) is 3.33. The number of Topliss-reactive ketones (excluding diaryl/α,β-unsaturated/α-hetero) is 1. The van der Waals surface area contributed by atoms with Gasteiger partial charge in [0.15, 0.2) is 5.78 Å². The average molecular weight is 279 g/mol. The number of benzene rings is 1. The summed E-state index contributed by atoms with van der Waals surface area (Å²) in [4.78, 5) is 11.5. The number of alkyl halides is 3. The Labute approximate surface area is 92.4 Å². The van der Waals surface area contributed by atoms with E-state index in [2.05, 4.69) is 15.9 Å². The Balaban J connectivity index is 2.42. The third-order valence-electron chi connectivity index (χ3n) is 2.47. The van der Waals surface area contributed by atoms with Crippen molar-refractivity contribution in [2.24, 2.45) is 5.92 Å². The van der Waals surface area contributed by atoms with Crippen LogP contribution in [0.2, 0.25) is 0 Å². The first-order valence-electron chi connectivity index (χ1n) is 4.29. The van der Waals surface area contributed by atoms with Crippen LogP contribution in [0.3, 0.4) is 0 Å². The topological polar surface area (TPSA) is 17.1 Å². The fourth-order valence-corrected chi connectivity index (χ4v) is 2.08. The van der Waals surface area contributed by atoms with Gasteiger partial charge in [-0.15, -0.1) is 0 Å². The molecule has 0 spiro atoms. The van der Waals surface area contributed by atoms with E-state index in [4.69, 9.17) is 0 Å². The van der Waals surface area contributed by atoms with Crippen molar-refractivity contribution in [1.29, 1.82) is 0 Å². The molecule has 1 aromatic rings. The molecule has 1 atom stereocenters. The van der Waals surface area contributed by atoms with Crippen LogP contribution in [-0.4, -0.2) is 12.0 Å². The number of hydrogen-bond donors (Lipinski definition) is 0. The fraction of sp³-hybridized carbons (Fsp3) is 0.300. The largest absolute Gasteiger partial charge is 0.399 e. The van der Waals surface area contributed by atoms with Gasteiger partial charge in [0.25, 0.3) is 0 Å². The van der Waals surface area contributed by atoms with Gasteiger partial charge < -0.3 is 0 Å². The quantitative estimate of drug-likeness (QED) is 0.711. The van der Waals surface area contributed by atoms with Crippen LogP contribution in [0.25, 0.3) is 0 Å². The maximum absolute atomic E-state index is 12.4. The van der Waals surface area contributed by atoms with Gasteiger partial charge in [-0.2, -0.15) is 13.2 Å². The summed E-state index contributed by atoms with van der Waals surface area (Å²) in [5.74, 6) is -2.68. The lowest BCUT2D eigenvalue weighted by Gasteiger charge is -2.11. The number of fused-ring (bicyclic) bond motifs is 1. The van der Waals surface area contributed by atoms with Crippen molar-refractivity contribution in [2.45, 2.75) is 12.6 Å². The van der Waals surface area contributed by atoms with E-state index < -0.39 is 17.9 Å². The Morgan fingerprint density at radius 3 is 2.60 bits per heavy atom. The van der Waals surface area contributed by atoms with E-state index in [-0.39, 0.29) is 12.0 Å². The molecule has 0 amide bonds. The van der Waals surface area contributed by atoms with E-state index in [9.17, 15) is 18.0 Å². The minimum Gasteiger partial charge on any atom is -0.293 e. The van der Waals surface area contributed by atoms with E-state index in [0.29, 0.717) is 10.0 Å². The minimum absolute atomic E-state index is 0.187. The predicted molar refractivity (Wildman–Crippen MR) is 51.7 cm³/mol. The monoisotopic (exact) mass is 278 g/mol. The number of ketones is 1. The number of rotatable bonds is 0. The fourth-order valence-electron chi connectivity index (χ4n) is 1.72. The summed E-state index contributed by atoms with van der Waals surface area (Å²) in [6.45, 7) is 0. The second-order valence-corrected chi connectivity index (χ2v) is 4.38. The van der Waals surface area contributed by atoms with Crippen LogP contribution >= 0.6 is 15.9 Å². The molecule has 80 valence electrons. The van der Waals surface area contributed by atoms with Crippen LogP contribution in [0.15, 0.2) is 22.7 Å². The molecule has 5 heteroatoms. The van der Waals surface area contributed by atoms with Gasteiger partial charge >= 0.3 is 6.18 Å². The second-order valence-electron chi connectivity index (χ2n) is 3.46. The Morgan fingerprint density at radius 1 is 1.33 bits per heavy atom. The van der Waals surface area contributed by atoms with Gasteiger partial charge in [0.05, 0.1) is 0 Å². The third-order valence-corrected chi connectivity index (χ3v) is 2.97. The van der Waals surface area contributed by atoms with Gasteiger partial charge in [0.1, 0.15) is 5.92 Å². The summed E-state index contributed by atoms with van der Waals surface area (Å²) in [5, 5.41) is 0. The van der Waals surface area contributed by atoms with Crippen LogP contribution < -0.4 is 0 Å². The van der Waals surface area contributed by atoms with Crippen LogP contribution in [0.5, 0.6) is 0 Å². The summed E-state index contributed by atoms with van der Waals surface area (Å²) in [6, 6.07) is 4.65. The Kier molecular flexibility index (Phi) is 2.37. The molecule has 0 heterocycles. The molecule has 1 aromatic carbocycles. The van der Waals surface area contributed by atoms with Crippen LogP contribution in [0.1, 0.15) is 15.9 Å². The minimum atomic E-state index is -4.44. The molecular weight excluding hydrogens is 273 g/mol. The third kappa shape index (κ3) is 1.80. The first kappa shape index (κ1) is 10.7. The molecule has 0 fully saturated rings. The van der Waals surface area contributed by atoms with E-state index >= 15 is 0 Å². The standard InChI is InChI=1S/C10H6BrF3O/c11-6-2-1-5-3-8(10(12,13)14)9(15)7(5)4-6/h1-2,4,8H,3H2. The summed E-state index contributed by atoms with van der Waals surface area (Å²) >= 11 is 3.13. The van der Waals surface area contributed by atoms with Gasteiger partial charge in [-0.3, -0.25) is 4.79 Å². The lowest BCUT2D eigenvalue weighted by molar-refractivity contribution is -0.158. The van der Waals surface area contributed by atoms with Crippen molar-refractivity contribution in [3.8, 4) is 0 Å². The van der Waals surface area contributed by atoms with E-state index in [0.717, 1.165) is 0 Å². The zero-order valence-corrected chi connectivity index (χ0v) is 9.02. The lowest BCUT2D eigenvalue weighted by atomic mass is 10.1. The molecule has 0 aliphatic heterocycles. The van der Waals surface area contributed by atoms with E-state index in [1.54, 1.807) is 12.1 Å². The Bertz CT molecular complexity index is 425. The van der Waals surface area contributed by atoms with Crippen molar-refractivity contribution in [3.05, 3.63) is 33.8 Å². The highest BCUT2D eigenvalue weighted by molar-refractivity contribution is 9.10. The number of carbonyl (C=O) groups is 1. The molecular formula is C10H6BrF3O. The Hall–Kier alpha value is -0.840. The highest BCUT2D eigenvalue weighted by Crippen LogP contribution is 2.38. The van der Waals surface area contributed by atoms with Crippen molar-refractivity contribution in [2.75, 3.05) is 0 Å². The first-order valence-corrected chi connectivity index (χ1v) is 5.08. The number of carbonyl (C=O) groups excluding carboxylic acids is 1. The normalized spacial score (nSPS) is 20.5. The molecule has 0 bridgehead atoms. The van der Waals surface area contributed by atoms with Crippen LogP contribution in [0.4, 0.5) is 13.2 Å². The van der Waals surface area contributed by atoms with Gasteiger partial charge in [0, 0.05) is 10.0 Å².